The van der Waals surface area contributed by atoms with Gasteiger partial charge >= 0.3 is 5.97 Å². The molecule has 0 amide bonds. The van der Waals surface area contributed by atoms with Crippen molar-refractivity contribution >= 4 is 25.7 Å². The van der Waals surface area contributed by atoms with Gasteiger partial charge < -0.3 is 9.30 Å². The average Bonchev–Trinajstić information content (AvgIpc) is 2.71. The third-order valence-corrected chi connectivity index (χ3v) is 3.90. The van der Waals surface area contributed by atoms with E-state index in [9.17, 15) is 22.0 Å². The van der Waals surface area contributed by atoms with Gasteiger partial charge in [-0.1, -0.05) is 6.92 Å². The Morgan fingerprint density at radius 3 is 2.55 bits per heavy atom. The van der Waals surface area contributed by atoms with Crippen molar-refractivity contribution in [2.45, 2.75) is 44.2 Å². The van der Waals surface area contributed by atoms with Crippen LogP contribution in [0.5, 0.6) is 0 Å². The summed E-state index contributed by atoms with van der Waals surface area (Å²) in [5, 5.41) is 0. The van der Waals surface area contributed by atoms with Crippen molar-refractivity contribution in [3.05, 3.63) is 18.0 Å². The largest absolute Gasteiger partial charge is 0.458 e. The number of hydrogen-bond acceptors (Lipinski definition) is 4. The normalized spacial score (nSPS) is 13.5. The first-order valence-corrected chi connectivity index (χ1v) is 8.10. The fraction of sp³-hybridized carbons (Fsp3) is 0.545. The second kappa shape index (κ2) is 6.53. The highest BCUT2D eigenvalue weighted by Gasteiger charge is 2.23. The molecular weight excluding hydrogens is 316 g/mol. The Hall–Kier alpha value is -1.15. The molecule has 0 spiro atoms. The Morgan fingerprint density at radius 1 is 1.50 bits per heavy atom. The van der Waals surface area contributed by atoms with E-state index < -0.39 is 39.0 Å². The molecule has 114 valence electrons. The molecule has 0 saturated heterocycles. The number of ether oxygens (including phenoxy) is 1. The van der Waals surface area contributed by atoms with Crippen LogP contribution in [0.3, 0.4) is 0 Å². The minimum absolute atomic E-state index is 0.273. The van der Waals surface area contributed by atoms with E-state index in [1.165, 1.54) is 0 Å². The molecule has 0 bridgehead atoms. The van der Waals surface area contributed by atoms with E-state index in [-0.39, 0.29) is 5.69 Å². The minimum atomic E-state index is -4.11. The molecule has 0 aliphatic carbocycles. The lowest BCUT2D eigenvalue weighted by atomic mass is 10.3. The van der Waals surface area contributed by atoms with Crippen LogP contribution < -0.4 is 0 Å². The summed E-state index contributed by atoms with van der Waals surface area (Å²) >= 11 is 0. The maximum absolute atomic E-state index is 12.4. The first kappa shape index (κ1) is 16.9. The third kappa shape index (κ3) is 4.45. The Morgan fingerprint density at radius 2 is 2.10 bits per heavy atom. The van der Waals surface area contributed by atoms with Gasteiger partial charge in [0.1, 0.15) is 10.6 Å². The summed E-state index contributed by atoms with van der Waals surface area (Å²) in [6.45, 7) is 2.60. The predicted molar refractivity (Wildman–Crippen MR) is 68.6 cm³/mol. The van der Waals surface area contributed by atoms with Gasteiger partial charge in [0.05, 0.1) is 12.6 Å². The van der Waals surface area contributed by atoms with Crippen molar-refractivity contribution in [3.63, 3.8) is 0 Å². The first-order chi connectivity index (χ1) is 9.15. The average molecular weight is 330 g/mol. The summed E-state index contributed by atoms with van der Waals surface area (Å²) in [6, 6.07) is 0.926. The van der Waals surface area contributed by atoms with Crippen molar-refractivity contribution in [1.29, 1.82) is 0 Å². The molecule has 0 radical (unpaired) electrons. The van der Waals surface area contributed by atoms with Crippen LogP contribution in [0.1, 0.15) is 30.8 Å². The van der Waals surface area contributed by atoms with Gasteiger partial charge in [-0.2, -0.15) is 0 Å². The van der Waals surface area contributed by atoms with Gasteiger partial charge in [-0.3, -0.25) is 0 Å². The Labute approximate surface area is 119 Å². The maximum atomic E-state index is 12.4. The number of esters is 1. The zero-order chi connectivity index (χ0) is 15.5. The smallest absolute Gasteiger partial charge is 0.355 e. The highest BCUT2D eigenvalue weighted by molar-refractivity contribution is 8.13. The maximum Gasteiger partial charge on any atom is 0.355 e. The SMILES string of the molecule is CCC(C)OC(=O)c1cc(S(=O)(=O)Cl)cn1CC(F)F. The number of carbonyl (C=O) groups excluding carboxylic acids is 1. The van der Waals surface area contributed by atoms with E-state index in [1.807, 2.05) is 0 Å². The molecule has 0 aliphatic rings. The number of aromatic nitrogens is 1. The molecule has 1 rings (SSSR count). The molecule has 0 saturated carbocycles. The van der Waals surface area contributed by atoms with E-state index in [4.69, 9.17) is 15.4 Å². The number of hydrogen-bond donors (Lipinski definition) is 0. The molecule has 1 aromatic heterocycles. The molecule has 1 aromatic rings. The lowest BCUT2D eigenvalue weighted by molar-refractivity contribution is 0.0316. The van der Waals surface area contributed by atoms with E-state index in [1.54, 1.807) is 13.8 Å². The van der Waals surface area contributed by atoms with Gasteiger partial charge in [-0.05, 0) is 19.4 Å². The number of carbonyl (C=O) groups is 1. The highest BCUT2D eigenvalue weighted by atomic mass is 35.7. The lowest BCUT2D eigenvalue weighted by Gasteiger charge is -2.12. The molecular formula is C11H14ClF2NO4S. The van der Waals surface area contributed by atoms with Crippen LogP contribution in [-0.2, 0) is 20.3 Å². The number of rotatable bonds is 6. The Bertz CT molecular complexity index is 585. The summed E-state index contributed by atoms with van der Waals surface area (Å²) in [6.07, 6.45) is -1.72. The van der Waals surface area contributed by atoms with Gasteiger partial charge in [0.15, 0.2) is 0 Å². The molecule has 0 aliphatic heterocycles. The van der Waals surface area contributed by atoms with Crippen LogP contribution in [0.25, 0.3) is 0 Å². The monoisotopic (exact) mass is 329 g/mol. The van der Waals surface area contributed by atoms with Crippen LogP contribution in [0.15, 0.2) is 17.2 Å². The molecule has 0 N–H and O–H groups in total. The van der Waals surface area contributed by atoms with Crippen LogP contribution in [0, 0.1) is 0 Å². The molecule has 20 heavy (non-hydrogen) atoms. The topological polar surface area (TPSA) is 65.4 Å². The highest BCUT2D eigenvalue weighted by Crippen LogP contribution is 2.20. The van der Waals surface area contributed by atoms with Gasteiger partial charge in [-0.25, -0.2) is 22.0 Å². The number of halogens is 3. The fourth-order valence-corrected chi connectivity index (χ4v) is 2.17. The van der Waals surface area contributed by atoms with Crippen molar-refractivity contribution in [3.8, 4) is 0 Å². The number of nitrogens with zero attached hydrogens (tertiary/aromatic N) is 1. The fourth-order valence-electron chi connectivity index (χ4n) is 1.41. The van der Waals surface area contributed by atoms with E-state index in [0.29, 0.717) is 6.42 Å². The zero-order valence-corrected chi connectivity index (χ0v) is 12.4. The molecule has 1 atom stereocenters. The van der Waals surface area contributed by atoms with Gasteiger partial charge in [-0.15, -0.1) is 0 Å². The summed E-state index contributed by atoms with van der Waals surface area (Å²) in [4.78, 5) is 11.4. The van der Waals surface area contributed by atoms with Crippen molar-refractivity contribution in [2.24, 2.45) is 0 Å². The molecule has 5 nitrogen and oxygen atoms in total. The van der Waals surface area contributed by atoms with Crippen LogP contribution in [0.2, 0.25) is 0 Å². The predicted octanol–water partition coefficient (Wildman–Crippen LogP) is 2.64. The van der Waals surface area contributed by atoms with E-state index in [2.05, 4.69) is 0 Å². The van der Waals surface area contributed by atoms with E-state index in [0.717, 1.165) is 16.8 Å². The lowest BCUT2D eigenvalue weighted by Crippen LogP contribution is -2.19. The van der Waals surface area contributed by atoms with Crippen LogP contribution >= 0.6 is 10.7 Å². The second-order valence-corrected chi connectivity index (χ2v) is 6.73. The van der Waals surface area contributed by atoms with E-state index >= 15 is 0 Å². The van der Waals surface area contributed by atoms with Gasteiger partial charge in [0, 0.05) is 16.9 Å². The third-order valence-electron chi connectivity index (χ3n) is 2.58. The molecule has 0 fully saturated rings. The summed E-state index contributed by atoms with van der Waals surface area (Å²) in [5.74, 6) is -0.869. The van der Waals surface area contributed by atoms with Crippen molar-refractivity contribution in [1.82, 2.24) is 4.57 Å². The van der Waals surface area contributed by atoms with Gasteiger partial charge in [0.2, 0.25) is 0 Å². The summed E-state index contributed by atoms with van der Waals surface area (Å²) in [7, 11) is 1.03. The Kier molecular flexibility index (Phi) is 5.52. The van der Waals surface area contributed by atoms with Crippen LogP contribution in [-0.4, -0.2) is 31.5 Å². The summed E-state index contributed by atoms with van der Waals surface area (Å²) < 4.78 is 53.1. The zero-order valence-electron chi connectivity index (χ0n) is 10.8. The van der Waals surface area contributed by atoms with Gasteiger partial charge in [0.25, 0.3) is 15.5 Å². The summed E-state index contributed by atoms with van der Waals surface area (Å²) in [5.41, 5.74) is -0.273. The standard InChI is InChI=1S/C11H14ClF2NO4S/c1-3-7(2)19-11(16)9-4-8(20(12,17)18)5-15(9)6-10(13)14/h4-5,7,10H,3,6H2,1-2H3. The van der Waals surface area contributed by atoms with Crippen molar-refractivity contribution < 1.29 is 26.7 Å². The quantitative estimate of drug-likeness (QED) is 0.594. The molecule has 1 heterocycles. The number of alkyl halides is 2. The second-order valence-electron chi connectivity index (χ2n) is 4.17. The van der Waals surface area contributed by atoms with Crippen molar-refractivity contribution in [2.75, 3.05) is 0 Å². The first-order valence-electron chi connectivity index (χ1n) is 5.79. The minimum Gasteiger partial charge on any atom is -0.458 e. The Balaban J connectivity index is 3.15. The molecule has 9 heteroatoms. The molecule has 1 unspecified atom stereocenters. The molecule has 0 aromatic carbocycles. The van der Waals surface area contributed by atoms with Crippen LogP contribution in [0.4, 0.5) is 8.78 Å².